The first-order valence-electron chi connectivity index (χ1n) is 9.20. The Morgan fingerprint density at radius 2 is 2.00 bits per heavy atom. The molecule has 0 aliphatic carbocycles. The number of benzene rings is 1. The molecule has 0 spiro atoms. The van der Waals surface area contributed by atoms with Crippen molar-refractivity contribution in [2.75, 3.05) is 6.54 Å². The van der Waals surface area contributed by atoms with Crippen LogP contribution in [0.5, 0.6) is 0 Å². The summed E-state index contributed by atoms with van der Waals surface area (Å²) in [5, 5.41) is 2.06. The van der Waals surface area contributed by atoms with Crippen LogP contribution in [0.1, 0.15) is 17.0 Å². The first-order valence-corrected chi connectivity index (χ1v) is 10.9. The summed E-state index contributed by atoms with van der Waals surface area (Å²) in [6, 6.07) is 16.4. The third kappa shape index (κ3) is 3.68. The average Bonchev–Trinajstić information content (AvgIpc) is 3.41. The maximum Gasteiger partial charge on any atom is 0.169 e. The third-order valence-corrected chi connectivity index (χ3v) is 6.32. The number of fused-ring (bicyclic) bond motifs is 1. The van der Waals surface area contributed by atoms with Crippen LogP contribution in [0, 0.1) is 0 Å². The van der Waals surface area contributed by atoms with Crippen LogP contribution >= 0.6 is 27.3 Å². The lowest BCUT2D eigenvalue weighted by Crippen LogP contribution is -2.30. The van der Waals surface area contributed by atoms with Gasteiger partial charge in [0.2, 0.25) is 0 Å². The molecule has 140 valence electrons. The maximum absolute atomic E-state index is 6.08. The molecule has 4 aromatic rings. The van der Waals surface area contributed by atoms with E-state index in [1.807, 2.05) is 30.5 Å². The van der Waals surface area contributed by atoms with E-state index in [1.165, 1.54) is 11.3 Å². The average molecular weight is 452 g/mol. The Balaban J connectivity index is 1.29. The topological polar surface area (TPSA) is 42.2 Å². The quantitative estimate of drug-likeness (QED) is 0.393. The van der Waals surface area contributed by atoms with Gasteiger partial charge in [0.1, 0.15) is 11.5 Å². The van der Waals surface area contributed by atoms with Crippen molar-refractivity contribution < 1.29 is 4.42 Å². The second-order valence-electron chi connectivity index (χ2n) is 6.88. The van der Waals surface area contributed by atoms with E-state index >= 15 is 0 Å². The lowest BCUT2D eigenvalue weighted by molar-refractivity contribution is 0.224. The van der Waals surface area contributed by atoms with Crippen molar-refractivity contribution in [3.63, 3.8) is 0 Å². The van der Waals surface area contributed by atoms with Crippen LogP contribution in [-0.4, -0.2) is 21.4 Å². The molecular weight excluding hydrogens is 434 g/mol. The molecule has 28 heavy (non-hydrogen) atoms. The molecule has 0 radical (unpaired) electrons. The number of aromatic nitrogens is 2. The molecule has 0 N–H and O–H groups in total. The second-order valence-corrected chi connectivity index (χ2v) is 8.74. The van der Waals surface area contributed by atoms with Gasteiger partial charge in [-0.2, -0.15) is 0 Å². The number of hydrogen-bond donors (Lipinski definition) is 0. The Kier molecular flexibility index (Phi) is 4.84. The van der Waals surface area contributed by atoms with E-state index in [0.29, 0.717) is 0 Å². The Hall–Kier alpha value is -2.28. The van der Waals surface area contributed by atoms with Gasteiger partial charge in [-0.25, -0.2) is 9.97 Å². The summed E-state index contributed by atoms with van der Waals surface area (Å²) in [6.45, 7) is 2.62. The first-order chi connectivity index (χ1) is 13.7. The normalized spacial score (nSPS) is 14.2. The molecule has 0 saturated carbocycles. The molecule has 0 saturated heterocycles. The van der Waals surface area contributed by atoms with Crippen molar-refractivity contribution in [1.82, 2.24) is 14.9 Å². The van der Waals surface area contributed by atoms with E-state index in [1.54, 1.807) is 11.3 Å². The fourth-order valence-corrected chi connectivity index (χ4v) is 4.42. The monoisotopic (exact) mass is 451 g/mol. The lowest BCUT2D eigenvalue weighted by Gasteiger charge is -2.27. The molecule has 4 heterocycles. The standard InChI is InChI=1S/C22H18BrN3OS/c23-17-5-3-15(4-6-17)20-8-7-18(27-20)14-26-10-9-19-16(13-26)12-24-22(25-19)21-2-1-11-28-21/h1-8,11-12H,9-10,13-14H2. The van der Waals surface area contributed by atoms with Crippen LogP contribution < -0.4 is 0 Å². The van der Waals surface area contributed by atoms with E-state index in [0.717, 1.165) is 58.3 Å². The van der Waals surface area contributed by atoms with Crippen LogP contribution in [0.3, 0.4) is 0 Å². The number of rotatable bonds is 4. The van der Waals surface area contributed by atoms with Crippen molar-refractivity contribution in [1.29, 1.82) is 0 Å². The molecule has 0 atom stereocenters. The summed E-state index contributed by atoms with van der Waals surface area (Å²) >= 11 is 5.15. The van der Waals surface area contributed by atoms with Crippen LogP contribution in [0.25, 0.3) is 22.0 Å². The highest BCUT2D eigenvalue weighted by Crippen LogP contribution is 2.27. The number of thiophene rings is 1. The van der Waals surface area contributed by atoms with Gasteiger partial charge in [0.05, 0.1) is 17.1 Å². The summed E-state index contributed by atoms with van der Waals surface area (Å²) in [5.41, 5.74) is 3.48. The predicted molar refractivity (Wildman–Crippen MR) is 115 cm³/mol. The zero-order valence-corrected chi connectivity index (χ0v) is 17.5. The molecule has 0 bridgehead atoms. The van der Waals surface area contributed by atoms with E-state index in [4.69, 9.17) is 9.40 Å². The van der Waals surface area contributed by atoms with Gasteiger partial charge < -0.3 is 4.42 Å². The highest BCUT2D eigenvalue weighted by atomic mass is 79.9. The second kappa shape index (κ2) is 7.62. The van der Waals surface area contributed by atoms with Gasteiger partial charge in [0.25, 0.3) is 0 Å². The van der Waals surface area contributed by atoms with Crippen molar-refractivity contribution in [2.24, 2.45) is 0 Å². The minimum absolute atomic E-state index is 0.794. The van der Waals surface area contributed by atoms with Crippen LogP contribution in [-0.2, 0) is 19.5 Å². The molecular formula is C22H18BrN3OS. The minimum atomic E-state index is 0.794. The highest BCUT2D eigenvalue weighted by molar-refractivity contribution is 9.10. The predicted octanol–water partition coefficient (Wildman–Crippen LogP) is 5.79. The summed E-state index contributed by atoms with van der Waals surface area (Å²) in [6.07, 6.45) is 2.93. The highest BCUT2D eigenvalue weighted by Gasteiger charge is 2.20. The number of furan rings is 1. The Morgan fingerprint density at radius 1 is 1.11 bits per heavy atom. The number of halogens is 1. The Bertz CT molecular complexity index is 1090. The summed E-state index contributed by atoms with van der Waals surface area (Å²) < 4.78 is 7.15. The zero-order valence-electron chi connectivity index (χ0n) is 15.1. The van der Waals surface area contributed by atoms with Crippen molar-refractivity contribution in [3.8, 4) is 22.0 Å². The van der Waals surface area contributed by atoms with Gasteiger partial charge in [-0.3, -0.25) is 4.90 Å². The molecule has 5 rings (SSSR count). The van der Waals surface area contributed by atoms with Gasteiger partial charge in [-0.15, -0.1) is 11.3 Å². The molecule has 1 aliphatic heterocycles. The van der Waals surface area contributed by atoms with Crippen molar-refractivity contribution >= 4 is 27.3 Å². The van der Waals surface area contributed by atoms with E-state index in [2.05, 4.69) is 55.5 Å². The fraction of sp³-hybridized carbons (Fsp3) is 0.182. The smallest absolute Gasteiger partial charge is 0.169 e. The summed E-state index contributed by atoms with van der Waals surface area (Å²) in [4.78, 5) is 12.9. The molecule has 6 heteroatoms. The number of nitrogens with zero attached hydrogens (tertiary/aromatic N) is 3. The maximum atomic E-state index is 6.08. The van der Waals surface area contributed by atoms with Gasteiger partial charge in [0.15, 0.2) is 5.82 Å². The van der Waals surface area contributed by atoms with Gasteiger partial charge in [-0.1, -0.05) is 34.1 Å². The van der Waals surface area contributed by atoms with Crippen LogP contribution in [0.4, 0.5) is 0 Å². The Morgan fingerprint density at radius 3 is 2.82 bits per heavy atom. The molecule has 3 aromatic heterocycles. The van der Waals surface area contributed by atoms with Crippen molar-refractivity contribution in [3.05, 3.63) is 81.6 Å². The molecule has 1 aromatic carbocycles. The zero-order chi connectivity index (χ0) is 18.9. The Labute approximate surface area is 176 Å². The lowest BCUT2D eigenvalue weighted by atomic mass is 10.1. The van der Waals surface area contributed by atoms with Crippen molar-refractivity contribution in [2.45, 2.75) is 19.5 Å². The van der Waals surface area contributed by atoms with Gasteiger partial charge >= 0.3 is 0 Å². The molecule has 1 aliphatic rings. The molecule has 0 unspecified atom stereocenters. The SMILES string of the molecule is Brc1ccc(-c2ccc(CN3CCc4nc(-c5cccs5)ncc4C3)o2)cc1. The van der Waals surface area contributed by atoms with Crippen LogP contribution in [0.2, 0.25) is 0 Å². The third-order valence-electron chi connectivity index (χ3n) is 4.92. The van der Waals surface area contributed by atoms with E-state index in [-0.39, 0.29) is 0 Å². The van der Waals surface area contributed by atoms with E-state index < -0.39 is 0 Å². The number of hydrogen-bond acceptors (Lipinski definition) is 5. The summed E-state index contributed by atoms with van der Waals surface area (Å²) in [5.74, 6) is 2.73. The van der Waals surface area contributed by atoms with E-state index in [9.17, 15) is 0 Å². The molecule has 0 amide bonds. The molecule has 0 fully saturated rings. The van der Waals surface area contributed by atoms with Gasteiger partial charge in [-0.05, 0) is 35.7 Å². The first kappa shape index (κ1) is 17.8. The molecule has 4 nitrogen and oxygen atoms in total. The summed E-state index contributed by atoms with van der Waals surface area (Å²) in [7, 11) is 0. The fourth-order valence-electron chi connectivity index (χ4n) is 3.49. The van der Waals surface area contributed by atoms with Crippen LogP contribution in [0.15, 0.2) is 69.0 Å². The minimum Gasteiger partial charge on any atom is -0.460 e. The largest absolute Gasteiger partial charge is 0.460 e. The van der Waals surface area contributed by atoms with Gasteiger partial charge in [0, 0.05) is 41.3 Å².